The van der Waals surface area contributed by atoms with Crippen molar-refractivity contribution in [2.75, 3.05) is 11.4 Å². The van der Waals surface area contributed by atoms with Crippen molar-refractivity contribution in [3.8, 4) is 0 Å². The quantitative estimate of drug-likeness (QED) is 0.819. The molecule has 0 aliphatic carbocycles. The van der Waals surface area contributed by atoms with Crippen molar-refractivity contribution in [3.05, 3.63) is 11.8 Å². The van der Waals surface area contributed by atoms with Crippen LogP contribution in [0.3, 0.4) is 0 Å². The highest BCUT2D eigenvalue weighted by atomic mass is 16.5. The summed E-state index contributed by atoms with van der Waals surface area (Å²) in [6, 6.07) is 1.64. The highest BCUT2D eigenvalue weighted by Crippen LogP contribution is 2.17. The molecule has 0 radical (unpaired) electrons. The molecule has 6 nitrogen and oxygen atoms in total. The van der Waals surface area contributed by atoms with Crippen LogP contribution in [-0.4, -0.2) is 28.7 Å². The van der Waals surface area contributed by atoms with E-state index in [1.807, 2.05) is 6.92 Å². The Morgan fingerprint density at radius 3 is 2.68 bits per heavy atom. The van der Waals surface area contributed by atoms with Crippen LogP contribution in [0.5, 0.6) is 0 Å². The van der Waals surface area contributed by atoms with Gasteiger partial charge in [0, 0.05) is 19.0 Å². The predicted octanol–water partition coefficient (Wildman–Crippen LogP) is 2.23. The highest BCUT2D eigenvalue weighted by molar-refractivity contribution is 5.93. The lowest BCUT2D eigenvalue weighted by atomic mass is 10.1. The molecule has 1 aromatic rings. The Hall–Kier alpha value is -1.85. The highest BCUT2D eigenvalue weighted by Gasteiger charge is 2.23. The van der Waals surface area contributed by atoms with Gasteiger partial charge in [0.05, 0.1) is 5.92 Å². The largest absolute Gasteiger partial charge is 0.481 e. The Morgan fingerprint density at radius 1 is 1.53 bits per heavy atom. The average Bonchev–Trinajstić information content (AvgIpc) is 2.78. The van der Waals surface area contributed by atoms with Gasteiger partial charge in [-0.2, -0.15) is 0 Å². The zero-order valence-electron chi connectivity index (χ0n) is 11.5. The molecule has 19 heavy (non-hydrogen) atoms. The molecule has 1 amide bonds. The molecule has 1 heterocycles. The monoisotopic (exact) mass is 268 g/mol. The maximum absolute atomic E-state index is 12.1. The van der Waals surface area contributed by atoms with Gasteiger partial charge in [0.25, 0.3) is 0 Å². The second-order valence-electron chi connectivity index (χ2n) is 4.64. The number of unbranched alkanes of at least 4 members (excludes halogenated alkanes) is 1. The number of nitrogens with zero attached hydrogens (tertiary/aromatic N) is 2. The van der Waals surface area contributed by atoms with E-state index < -0.39 is 11.9 Å². The fraction of sp³-hybridized carbons (Fsp3) is 0.615. The number of carbonyl (C=O) groups excluding carboxylic acids is 1. The summed E-state index contributed by atoms with van der Waals surface area (Å²) in [5.74, 6) is -0.739. The van der Waals surface area contributed by atoms with Crippen molar-refractivity contribution in [1.82, 2.24) is 5.16 Å². The Kier molecular flexibility index (Phi) is 5.54. The summed E-state index contributed by atoms with van der Waals surface area (Å²) in [4.78, 5) is 24.4. The summed E-state index contributed by atoms with van der Waals surface area (Å²) in [5, 5.41) is 12.8. The molecule has 0 saturated carbocycles. The van der Waals surface area contributed by atoms with E-state index in [4.69, 9.17) is 9.63 Å². The summed E-state index contributed by atoms with van der Waals surface area (Å²) in [7, 11) is 0. The van der Waals surface area contributed by atoms with E-state index in [9.17, 15) is 9.59 Å². The number of aromatic nitrogens is 1. The number of hydrogen-bond acceptors (Lipinski definition) is 4. The smallest absolute Gasteiger partial charge is 0.308 e. The lowest BCUT2D eigenvalue weighted by Gasteiger charge is -2.21. The third kappa shape index (κ3) is 4.39. The summed E-state index contributed by atoms with van der Waals surface area (Å²) in [5.41, 5.74) is 0. The minimum absolute atomic E-state index is 0.101. The lowest BCUT2D eigenvalue weighted by Crippen LogP contribution is -2.37. The lowest BCUT2D eigenvalue weighted by molar-refractivity contribution is -0.140. The van der Waals surface area contributed by atoms with Gasteiger partial charge < -0.3 is 9.63 Å². The van der Waals surface area contributed by atoms with E-state index in [2.05, 4.69) is 5.16 Å². The number of hydrogen-bond donors (Lipinski definition) is 1. The van der Waals surface area contributed by atoms with Gasteiger partial charge in [0.1, 0.15) is 5.76 Å². The van der Waals surface area contributed by atoms with Gasteiger partial charge in [-0.3, -0.25) is 14.5 Å². The number of carboxylic acids is 1. The zero-order chi connectivity index (χ0) is 14.4. The molecular formula is C13H20N2O4. The first-order valence-corrected chi connectivity index (χ1v) is 6.42. The fourth-order valence-electron chi connectivity index (χ4n) is 1.62. The number of rotatable bonds is 7. The number of aliphatic carboxylic acids is 1. The summed E-state index contributed by atoms with van der Waals surface area (Å²) in [6.45, 7) is 5.39. The molecule has 6 heteroatoms. The molecule has 1 unspecified atom stereocenters. The van der Waals surface area contributed by atoms with E-state index in [1.54, 1.807) is 19.9 Å². The number of carboxylic acid groups (broad SMARTS) is 1. The average molecular weight is 268 g/mol. The molecule has 0 fully saturated rings. The van der Waals surface area contributed by atoms with Crippen LogP contribution in [0.2, 0.25) is 0 Å². The maximum Gasteiger partial charge on any atom is 0.308 e. The van der Waals surface area contributed by atoms with Crippen LogP contribution >= 0.6 is 0 Å². The summed E-state index contributed by atoms with van der Waals surface area (Å²) >= 11 is 0. The first kappa shape index (κ1) is 15.2. The molecule has 0 spiro atoms. The third-order valence-electron chi connectivity index (χ3n) is 2.82. The van der Waals surface area contributed by atoms with Gasteiger partial charge in [-0.25, -0.2) is 0 Å². The van der Waals surface area contributed by atoms with Gasteiger partial charge in [0.2, 0.25) is 5.91 Å². The van der Waals surface area contributed by atoms with Crippen LogP contribution in [-0.2, 0) is 9.59 Å². The van der Waals surface area contributed by atoms with Crippen molar-refractivity contribution in [3.63, 3.8) is 0 Å². The molecule has 106 valence electrons. The molecule has 0 bridgehead atoms. The molecule has 0 aromatic carbocycles. The van der Waals surface area contributed by atoms with E-state index in [0.717, 1.165) is 12.8 Å². The number of anilines is 1. The molecule has 0 aliphatic heterocycles. The van der Waals surface area contributed by atoms with Crippen molar-refractivity contribution >= 4 is 17.7 Å². The van der Waals surface area contributed by atoms with E-state index in [-0.39, 0.29) is 12.5 Å². The molecular weight excluding hydrogens is 248 g/mol. The molecule has 1 N–H and O–H groups in total. The van der Waals surface area contributed by atoms with Gasteiger partial charge in [-0.1, -0.05) is 25.4 Å². The second-order valence-corrected chi connectivity index (χ2v) is 4.64. The molecule has 1 rings (SSSR count). The van der Waals surface area contributed by atoms with Gasteiger partial charge in [0.15, 0.2) is 5.82 Å². The SMILES string of the molecule is CCCCC(=O)N(CC(C)C(=O)O)c1cc(C)on1. The van der Waals surface area contributed by atoms with Crippen molar-refractivity contribution in [2.45, 2.75) is 40.0 Å². The minimum atomic E-state index is -0.937. The Balaban J connectivity index is 2.84. The van der Waals surface area contributed by atoms with Crippen molar-refractivity contribution in [2.24, 2.45) is 5.92 Å². The standard InChI is InChI=1S/C13H20N2O4/c1-4-5-6-12(16)15(8-9(2)13(17)18)11-7-10(3)19-14-11/h7,9H,4-6,8H2,1-3H3,(H,17,18). The Labute approximate surface area is 112 Å². The number of aryl methyl sites for hydroxylation is 1. The fourth-order valence-corrected chi connectivity index (χ4v) is 1.62. The van der Waals surface area contributed by atoms with Crippen LogP contribution in [0.4, 0.5) is 5.82 Å². The van der Waals surface area contributed by atoms with Crippen molar-refractivity contribution < 1.29 is 19.2 Å². The maximum atomic E-state index is 12.1. The van der Waals surface area contributed by atoms with E-state index in [0.29, 0.717) is 18.0 Å². The van der Waals surface area contributed by atoms with Crippen LogP contribution < -0.4 is 4.90 Å². The first-order valence-electron chi connectivity index (χ1n) is 6.42. The second kappa shape index (κ2) is 6.92. The van der Waals surface area contributed by atoms with Crippen LogP contribution in [0.1, 0.15) is 38.9 Å². The van der Waals surface area contributed by atoms with Crippen LogP contribution in [0.25, 0.3) is 0 Å². The van der Waals surface area contributed by atoms with E-state index in [1.165, 1.54) is 4.90 Å². The molecule has 1 atom stereocenters. The molecule has 0 saturated heterocycles. The normalized spacial score (nSPS) is 12.2. The zero-order valence-corrected chi connectivity index (χ0v) is 11.5. The van der Waals surface area contributed by atoms with E-state index >= 15 is 0 Å². The first-order chi connectivity index (χ1) is 8.95. The molecule has 1 aromatic heterocycles. The van der Waals surface area contributed by atoms with Crippen molar-refractivity contribution in [1.29, 1.82) is 0 Å². The number of carbonyl (C=O) groups is 2. The van der Waals surface area contributed by atoms with Gasteiger partial charge >= 0.3 is 5.97 Å². The molecule has 0 aliphatic rings. The van der Waals surface area contributed by atoms with Crippen LogP contribution in [0, 0.1) is 12.8 Å². The van der Waals surface area contributed by atoms with Gasteiger partial charge in [-0.05, 0) is 13.3 Å². The van der Waals surface area contributed by atoms with Gasteiger partial charge in [-0.15, -0.1) is 0 Å². The topological polar surface area (TPSA) is 83.6 Å². The van der Waals surface area contributed by atoms with Crippen LogP contribution in [0.15, 0.2) is 10.6 Å². The predicted molar refractivity (Wildman–Crippen MR) is 69.9 cm³/mol. The number of amides is 1. The summed E-state index contributed by atoms with van der Waals surface area (Å²) < 4.78 is 4.95. The summed E-state index contributed by atoms with van der Waals surface area (Å²) in [6.07, 6.45) is 2.06. The minimum Gasteiger partial charge on any atom is -0.481 e. The Morgan fingerprint density at radius 2 is 2.21 bits per heavy atom. The third-order valence-corrected chi connectivity index (χ3v) is 2.82. The Bertz CT molecular complexity index is 442.